The first kappa shape index (κ1) is 12.4. The topological polar surface area (TPSA) is 49.7 Å². The van der Waals surface area contributed by atoms with Gasteiger partial charge in [-0.25, -0.2) is 4.39 Å². The molecule has 1 aliphatic rings. The lowest BCUT2D eigenvalue weighted by Crippen LogP contribution is -2.32. The van der Waals surface area contributed by atoms with Crippen LogP contribution in [0.2, 0.25) is 0 Å². The highest BCUT2D eigenvalue weighted by Crippen LogP contribution is 2.25. The van der Waals surface area contributed by atoms with Crippen LogP contribution in [0.3, 0.4) is 0 Å². The fourth-order valence-corrected chi connectivity index (χ4v) is 2.20. The van der Waals surface area contributed by atoms with E-state index in [4.69, 9.17) is 14.8 Å². The average Bonchev–Trinajstić information content (AvgIpc) is 2.78. The van der Waals surface area contributed by atoms with Gasteiger partial charge in [-0.05, 0) is 24.8 Å². The van der Waals surface area contributed by atoms with Crippen LogP contribution < -0.4 is 10.2 Å². The summed E-state index contributed by atoms with van der Waals surface area (Å²) in [5.74, 6) is 0.365. The minimum atomic E-state index is -1.78. The lowest BCUT2D eigenvalue weighted by Gasteiger charge is -2.12. The Labute approximate surface area is 100 Å². The highest BCUT2D eigenvalue weighted by atomic mass is 19.1. The van der Waals surface area contributed by atoms with Gasteiger partial charge in [0, 0.05) is 11.5 Å². The molecule has 0 radical (unpaired) electrons. The molecule has 0 spiro atoms. The summed E-state index contributed by atoms with van der Waals surface area (Å²) in [5.41, 5.74) is -0.127. The van der Waals surface area contributed by atoms with Crippen molar-refractivity contribution in [2.45, 2.75) is 25.7 Å². The van der Waals surface area contributed by atoms with E-state index in [1.54, 1.807) is 6.07 Å². The van der Waals surface area contributed by atoms with Crippen molar-refractivity contribution in [1.82, 2.24) is 0 Å². The normalized spacial score (nSPS) is 16.2. The van der Waals surface area contributed by atoms with E-state index in [2.05, 4.69) is 0 Å². The third kappa shape index (κ3) is 3.20. The van der Waals surface area contributed by atoms with Crippen LogP contribution >= 0.6 is 0 Å². The van der Waals surface area contributed by atoms with E-state index in [9.17, 15) is 4.39 Å². The molecule has 92 valence electrons. The zero-order chi connectivity index (χ0) is 12.3. The molecule has 5 heteroatoms. The zero-order valence-electron chi connectivity index (χ0n) is 9.60. The van der Waals surface area contributed by atoms with Gasteiger partial charge < -0.3 is 14.8 Å². The molecule has 17 heavy (non-hydrogen) atoms. The minimum Gasteiger partial charge on any atom is -0.493 e. The van der Waals surface area contributed by atoms with Crippen LogP contribution in [0.1, 0.15) is 25.7 Å². The number of halogens is 1. The third-order valence-corrected chi connectivity index (χ3v) is 3.21. The Morgan fingerprint density at radius 3 is 2.59 bits per heavy atom. The second-order valence-electron chi connectivity index (χ2n) is 4.52. The maximum absolute atomic E-state index is 13.4. The van der Waals surface area contributed by atoms with Crippen molar-refractivity contribution in [3.8, 4) is 5.75 Å². The van der Waals surface area contributed by atoms with Crippen molar-refractivity contribution in [2.75, 3.05) is 6.61 Å². The van der Waals surface area contributed by atoms with Crippen molar-refractivity contribution in [3.63, 3.8) is 0 Å². The second kappa shape index (κ2) is 5.51. The van der Waals surface area contributed by atoms with Gasteiger partial charge in [-0.3, -0.25) is 0 Å². The average molecular weight is 238 g/mol. The van der Waals surface area contributed by atoms with Gasteiger partial charge in [0.1, 0.15) is 11.6 Å². The summed E-state index contributed by atoms with van der Waals surface area (Å²) in [6.45, 7) is 0.612. The summed E-state index contributed by atoms with van der Waals surface area (Å²) in [6, 6.07) is 4.10. The van der Waals surface area contributed by atoms with Crippen molar-refractivity contribution < 1.29 is 19.2 Å². The predicted molar refractivity (Wildman–Crippen MR) is 63.7 cm³/mol. The largest absolute Gasteiger partial charge is 0.493 e. The van der Waals surface area contributed by atoms with Crippen LogP contribution in [0, 0.1) is 11.7 Å². The highest BCUT2D eigenvalue weighted by Gasteiger charge is 2.18. The van der Waals surface area contributed by atoms with Gasteiger partial charge in [0.05, 0.1) is 6.61 Å². The Kier molecular flexibility index (Phi) is 4.02. The SMILES string of the molecule is OB(O)c1ccc(OCC2CCCC2)cc1F. The lowest BCUT2D eigenvalue weighted by molar-refractivity contribution is 0.251. The minimum absolute atomic E-state index is 0.127. The summed E-state index contributed by atoms with van der Waals surface area (Å²) < 4.78 is 18.9. The summed E-state index contributed by atoms with van der Waals surface area (Å²) in [4.78, 5) is 0. The molecule has 3 nitrogen and oxygen atoms in total. The predicted octanol–water partition coefficient (Wildman–Crippen LogP) is 1.07. The molecule has 1 aromatic rings. The van der Waals surface area contributed by atoms with Gasteiger partial charge in [-0.2, -0.15) is 0 Å². The van der Waals surface area contributed by atoms with E-state index in [-0.39, 0.29) is 5.46 Å². The van der Waals surface area contributed by atoms with Crippen molar-refractivity contribution >= 4 is 12.6 Å². The van der Waals surface area contributed by atoms with Crippen LogP contribution in [-0.4, -0.2) is 23.8 Å². The lowest BCUT2D eigenvalue weighted by atomic mass is 9.80. The van der Waals surface area contributed by atoms with Gasteiger partial charge in [0.25, 0.3) is 0 Å². The summed E-state index contributed by atoms with van der Waals surface area (Å²) in [5, 5.41) is 17.7. The van der Waals surface area contributed by atoms with E-state index < -0.39 is 12.9 Å². The van der Waals surface area contributed by atoms with E-state index in [1.807, 2.05) is 0 Å². The van der Waals surface area contributed by atoms with E-state index in [1.165, 1.54) is 37.8 Å². The first-order valence-electron chi connectivity index (χ1n) is 5.95. The molecule has 1 aromatic carbocycles. The second-order valence-corrected chi connectivity index (χ2v) is 4.52. The van der Waals surface area contributed by atoms with Crippen LogP contribution in [0.5, 0.6) is 5.75 Å². The molecule has 0 amide bonds. The first-order valence-corrected chi connectivity index (χ1v) is 5.95. The molecule has 1 aliphatic carbocycles. The fraction of sp³-hybridized carbons (Fsp3) is 0.500. The smallest absolute Gasteiger partial charge is 0.491 e. The molecule has 0 unspecified atom stereocenters. The number of hydrogen-bond donors (Lipinski definition) is 2. The maximum atomic E-state index is 13.4. The van der Waals surface area contributed by atoms with Gasteiger partial charge in [-0.15, -0.1) is 0 Å². The molecule has 1 saturated carbocycles. The maximum Gasteiger partial charge on any atom is 0.491 e. The molecule has 0 heterocycles. The highest BCUT2D eigenvalue weighted by molar-refractivity contribution is 6.58. The van der Waals surface area contributed by atoms with Crippen LogP contribution in [-0.2, 0) is 0 Å². The van der Waals surface area contributed by atoms with Gasteiger partial charge in [0.15, 0.2) is 0 Å². The Bertz CT molecular complexity index is 378. The van der Waals surface area contributed by atoms with Crippen molar-refractivity contribution in [2.24, 2.45) is 5.92 Å². The molecular weight excluding hydrogens is 222 g/mol. The quantitative estimate of drug-likeness (QED) is 0.771. The number of hydrogen-bond acceptors (Lipinski definition) is 3. The van der Waals surface area contributed by atoms with Crippen LogP contribution in [0.4, 0.5) is 4.39 Å². The van der Waals surface area contributed by atoms with Crippen LogP contribution in [0.25, 0.3) is 0 Å². The molecule has 0 aliphatic heterocycles. The molecule has 2 rings (SSSR count). The van der Waals surface area contributed by atoms with E-state index in [0.717, 1.165) is 0 Å². The standard InChI is InChI=1S/C12H16BFO3/c14-12-7-10(5-6-11(12)13(15)16)17-8-9-3-1-2-4-9/h5-7,9,15-16H,1-4,8H2. The van der Waals surface area contributed by atoms with Crippen molar-refractivity contribution in [3.05, 3.63) is 24.0 Å². The Hall–Kier alpha value is -1.07. The summed E-state index contributed by atoms with van der Waals surface area (Å²) in [7, 11) is -1.78. The first-order chi connectivity index (χ1) is 8.16. The Balaban J connectivity index is 1.94. The molecule has 0 aromatic heterocycles. The Morgan fingerprint density at radius 1 is 1.29 bits per heavy atom. The number of benzene rings is 1. The molecule has 1 fully saturated rings. The zero-order valence-corrected chi connectivity index (χ0v) is 9.60. The fourth-order valence-electron chi connectivity index (χ4n) is 2.20. The number of rotatable bonds is 4. The molecule has 0 atom stereocenters. The van der Waals surface area contributed by atoms with E-state index in [0.29, 0.717) is 18.3 Å². The molecular formula is C12H16BFO3. The van der Waals surface area contributed by atoms with Crippen molar-refractivity contribution in [1.29, 1.82) is 0 Å². The van der Waals surface area contributed by atoms with Gasteiger partial charge in [-0.1, -0.05) is 18.9 Å². The molecule has 0 bridgehead atoms. The van der Waals surface area contributed by atoms with Crippen LogP contribution in [0.15, 0.2) is 18.2 Å². The molecule has 0 saturated heterocycles. The third-order valence-electron chi connectivity index (χ3n) is 3.21. The van der Waals surface area contributed by atoms with E-state index >= 15 is 0 Å². The molecule has 2 N–H and O–H groups in total. The number of ether oxygens (including phenoxy) is 1. The van der Waals surface area contributed by atoms with Gasteiger partial charge in [0.2, 0.25) is 0 Å². The summed E-state index contributed by atoms with van der Waals surface area (Å²) >= 11 is 0. The van der Waals surface area contributed by atoms with Gasteiger partial charge >= 0.3 is 7.12 Å². The monoisotopic (exact) mass is 238 g/mol. The Morgan fingerprint density at radius 2 is 2.00 bits per heavy atom. The summed E-state index contributed by atoms with van der Waals surface area (Å²) in [6.07, 6.45) is 4.85.